The summed E-state index contributed by atoms with van der Waals surface area (Å²) in [5, 5.41) is 8.26. The fourth-order valence-electron chi connectivity index (χ4n) is 3.39. The molecule has 6 nitrogen and oxygen atoms in total. The molecular weight excluding hydrogens is 399 g/mol. The molecular formula is C20H10Cl2N4O2. The van der Waals surface area contributed by atoms with Gasteiger partial charge in [0.05, 0.1) is 32.9 Å². The second-order valence-electron chi connectivity index (χ2n) is 6.25. The second-order valence-corrected chi connectivity index (χ2v) is 7.10. The second kappa shape index (κ2) is 6.15. The van der Waals surface area contributed by atoms with Gasteiger partial charge < -0.3 is 0 Å². The molecule has 0 atom stereocenters. The Bertz CT molecular complexity index is 1280. The number of aromatic nitrogens is 3. The molecule has 0 unspecified atom stereocenters. The molecule has 136 valence electrons. The molecule has 2 amide bonds. The smallest absolute Gasteiger partial charge is 0.267 e. The first-order chi connectivity index (χ1) is 13.6. The maximum absolute atomic E-state index is 13.3. The highest BCUT2D eigenvalue weighted by atomic mass is 35.5. The summed E-state index contributed by atoms with van der Waals surface area (Å²) in [6.07, 6.45) is 1.37. The van der Waals surface area contributed by atoms with Crippen LogP contribution in [0.15, 0.2) is 54.7 Å². The molecule has 1 N–H and O–H groups in total. The number of carbonyl (C=O) groups excluding carboxylic acids is 2. The summed E-state index contributed by atoms with van der Waals surface area (Å²) < 4.78 is 0. The average Bonchev–Trinajstić information content (AvgIpc) is 3.23. The number of amides is 2. The molecule has 2 aromatic carbocycles. The zero-order valence-electron chi connectivity index (χ0n) is 14.1. The third-order valence-corrected chi connectivity index (χ3v) is 5.18. The molecule has 0 saturated heterocycles. The van der Waals surface area contributed by atoms with E-state index in [4.69, 9.17) is 23.2 Å². The third-order valence-electron chi connectivity index (χ3n) is 4.65. The number of nitrogens with zero attached hydrogens (tertiary/aromatic N) is 3. The minimum atomic E-state index is -0.487. The Labute approximate surface area is 168 Å². The molecule has 0 saturated carbocycles. The van der Waals surface area contributed by atoms with Gasteiger partial charge in [-0.05, 0) is 18.2 Å². The SMILES string of the molecule is O=C1c2cnc3n[nH]c(-c4ccccc4)c3c2C(=O)N1c1ccc(Cl)cc1Cl. The van der Waals surface area contributed by atoms with Crippen LogP contribution in [0.1, 0.15) is 20.7 Å². The molecule has 0 fully saturated rings. The van der Waals surface area contributed by atoms with Gasteiger partial charge >= 0.3 is 0 Å². The minimum Gasteiger partial charge on any atom is -0.275 e. The van der Waals surface area contributed by atoms with Crippen LogP contribution in [0.4, 0.5) is 5.69 Å². The number of anilines is 1. The van der Waals surface area contributed by atoms with E-state index in [9.17, 15) is 9.59 Å². The number of pyridine rings is 1. The van der Waals surface area contributed by atoms with Crippen molar-refractivity contribution < 1.29 is 9.59 Å². The highest BCUT2D eigenvalue weighted by Crippen LogP contribution is 2.38. The van der Waals surface area contributed by atoms with E-state index in [2.05, 4.69) is 15.2 Å². The van der Waals surface area contributed by atoms with Gasteiger partial charge in [-0.3, -0.25) is 14.7 Å². The predicted octanol–water partition coefficient (Wildman–Crippen LogP) is 4.73. The van der Waals surface area contributed by atoms with Crippen LogP contribution in [0.5, 0.6) is 0 Å². The van der Waals surface area contributed by atoms with Crippen LogP contribution >= 0.6 is 23.2 Å². The Morgan fingerprint density at radius 1 is 0.964 bits per heavy atom. The Morgan fingerprint density at radius 2 is 1.75 bits per heavy atom. The minimum absolute atomic E-state index is 0.210. The molecule has 3 heterocycles. The van der Waals surface area contributed by atoms with Crippen molar-refractivity contribution in [2.24, 2.45) is 0 Å². The Balaban J connectivity index is 1.75. The highest BCUT2D eigenvalue weighted by molar-refractivity contribution is 6.42. The van der Waals surface area contributed by atoms with E-state index >= 15 is 0 Å². The molecule has 8 heteroatoms. The van der Waals surface area contributed by atoms with Crippen molar-refractivity contribution in [1.82, 2.24) is 15.2 Å². The largest absolute Gasteiger partial charge is 0.275 e. The lowest BCUT2D eigenvalue weighted by molar-refractivity contribution is 0.0926. The van der Waals surface area contributed by atoms with E-state index in [0.717, 1.165) is 10.5 Å². The first kappa shape index (κ1) is 16.9. The van der Waals surface area contributed by atoms with E-state index in [1.165, 1.54) is 12.3 Å². The van der Waals surface area contributed by atoms with Crippen LogP contribution in [0.2, 0.25) is 10.0 Å². The number of aromatic amines is 1. The van der Waals surface area contributed by atoms with E-state index in [1.54, 1.807) is 12.1 Å². The summed E-state index contributed by atoms with van der Waals surface area (Å²) in [6, 6.07) is 14.0. The molecule has 0 bridgehead atoms. The molecule has 2 aromatic heterocycles. The van der Waals surface area contributed by atoms with Crippen molar-refractivity contribution >= 4 is 51.7 Å². The normalized spacial score (nSPS) is 13.4. The summed E-state index contributed by atoms with van der Waals surface area (Å²) in [5.41, 5.74) is 2.57. The molecule has 0 spiro atoms. The van der Waals surface area contributed by atoms with E-state index in [1.807, 2.05) is 30.3 Å². The van der Waals surface area contributed by atoms with Gasteiger partial charge in [0.1, 0.15) is 0 Å². The lowest BCUT2D eigenvalue weighted by atomic mass is 10.0. The summed E-state index contributed by atoms with van der Waals surface area (Å²) >= 11 is 12.2. The van der Waals surface area contributed by atoms with Crippen LogP contribution in [0, 0.1) is 0 Å². The molecule has 4 aromatic rings. The summed E-state index contributed by atoms with van der Waals surface area (Å²) in [5.74, 6) is -0.964. The van der Waals surface area contributed by atoms with Gasteiger partial charge in [0.15, 0.2) is 5.65 Å². The fourth-order valence-corrected chi connectivity index (χ4v) is 3.88. The number of H-pyrrole nitrogens is 1. The average molecular weight is 409 g/mol. The zero-order chi connectivity index (χ0) is 19.4. The lowest BCUT2D eigenvalue weighted by Crippen LogP contribution is -2.29. The summed E-state index contributed by atoms with van der Waals surface area (Å²) in [6.45, 7) is 0. The topological polar surface area (TPSA) is 79.0 Å². The Kier molecular flexibility index (Phi) is 3.72. The van der Waals surface area contributed by atoms with Gasteiger partial charge in [0, 0.05) is 16.8 Å². The number of hydrogen-bond donors (Lipinski definition) is 1. The number of rotatable bonds is 2. The molecule has 0 radical (unpaired) electrons. The molecule has 28 heavy (non-hydrogen) atoms. The van der Waals surface area contributed by atoms with Crippen LogP contribution < -0.4 is 4.90 Å². The Morgan fingerprint density at radius 3 is 2.50 bits per heavy atom. The number of hydrogen-bond acceptors (Lipinski definition) is 4. The molecule has 1 aliphatic heterocycles. The van der Waals surface area contributed by atoms with Crippen molar-refractivity contribution in [3.05, 3.63) is 75.9 Å². The van der Waals surface area contributed by atoms with Crippen molar-refractivity contribution in [3.63, 3.8) is 0 Å². The van der Waals surface area contributed by atoms with Crippen LogP contribution in [-0.2, 0) is 0 Å². The number of nitrogens with one attached hydrogen (secondary N) is 1. The van der Waals surface area contributed by atoms with Gasteiger partial charge in [-0.15, -0.1) is 0 Å². The van der Waals surface area contributed by atoms with Crippen LogP contribution in [-0.4, -0.2) is 27.0 Å². The summed E-state index contributed by atoms with van der Waals surface area (Å²) in [4.78, 5) is 31.6. The van der Waals surface area contributed by atoms with E-state index in [-0.39, 0.29) is 21.8 Å². The number of fused-ring (bicyclic) bond motifs is 3. The van der Waals surface area contributed by atoms with Crippen molar-refractivity contribution in [3.8, 4) is 11.3 Å². The van der Waals surface area contributed by atoms with Crippen LogP contribution in [0.25, 0.3) is 22.3 Å². The summed E-state index contributed by atoms with van der Waals surface area (Å²) in [7, 11) is 0. The highest BCUT2D eigenvalue weighted by Gasteiger charge is 2.40. The first-order valence-electron chi connectivity index (χ1n) is 8.32. The lowest BCUT2D eigenvalue weighted by Gasteiger charge is -2.15. The van der Waals surface area contributed by atoms with Crippen molar-refractivity contribution in [2.75, 3.05) is 4.90 Å². The first-order valence-corrected chi connectivity index (χ1v) is 9.08. The maximum Gasteiger partial charge on any atom is 0.267 e. The number of carbonyl (C=O) groups is 2. The maximum atomic E-state index is 13.3. The number of imide groups is 1. The predicted molar refractivity (Wildman–Crippen MR) is 107 cm³/mol. The number of benzene rings is 2. The zero-order valence-corrected chi connectivity index (χ0v) is 15.6. The van der Waals surface area contributed by atoms with Gasteiger partial charge in [-0.1, -0.05) is 53.5 Å². The third kappa shape index (κ3) is 2.35. The monoisotopic (exact) mass is 408 g/mol. The standard InChI is InChI=1S/C20H10Cl2N4O2/c21-11-6-7-14(13(22)8-11)26-19(27)12-9-23-18-16(15(12)20(26)28)17(24-25-18)10-4-2-1-3-5-10/h1-9H,(H,23,24,25). The van der Waals surface area contributed by atoms with Gasteiger partial charge in [0.25, 0.3) is 11.8 Å². The van der Waals surface area contributed by atoms with Crippen molar-refractivity contribution in [2.45, 2.75) is 0 Å². The van der Waals surface area contributed by atoms with E-state index < -0.39 is 11.8 Å². The van der Waals surface area contributed by atoms with Gasteiger partial charge in [0.2, 0.25) is 0 Å². The van der Waals surface area contributed by atoms with Gasteiger partial charge in [-0.2, -0.15) is 5.10 Å². The Hall–Kier alpha value is -3.22. The van der Waals surface area contributed by atoms with Crippen molar-refractivity contribution in [1.29, 1.82) is 0 Å². The number of halogens is 2. The van der Waals surface area contributed by atoms with E-state index in [0.29, 0.717) is 21.7 Å². The van der Waals surface area contributed by atoms with Gasteiger partial charge in [-0.25, -0.2) is 9.88 Å². The molecule has 0 aliphatic carbocycles. The van der Waals surface area contributed by atoms with Crippen LogP contribution in [0.3, 0.4) is 0 Å². The molecule has 5 rings (SSSR count). The molecule has 1 aliphatic rings. The fraction of sp³-hybridized carbons (Fsp3) is 0. The quantitative estimate of drug-likeness (QED) is 0.486.